The van der Waals surface area contributed by atoms with E-state index >= 15 is 0 Å². The Bertz CT molecular complexity index is 533. The molecule has 1 N–H and O–H groups in total. The van der Waals surface area contributed by atoms with Gasteiger partial charge < -0.3 is 9.88 Å². The zero-order valence-electron chi connectivity index (χ0n) is 11.6. The Morgan fingerprint density at radius 2 is 2.32 bits per heavy atom. The van der Waals surface area contributed by atoms with E-state index in [1.54, 1.807) is 11.3 Å². The predicted molar refractivity (Wildman–Crippen MR) is 82.1 cm³/mol. The van der Waals surface area contributed by atoms with Gasteiger partial charge in [0.25, 0.3) is 0 Å². The van der Waals surface area contributed by atoms with E-state index in [0.29, 0.717) is 0 Å². The van der Waals surface area contributed by atoms with Crippen molar-refractivity contribution >= 4 is 22.9 Å². The quantitative estimate of drug-likeness (QED) is 0.878. The molecule has 0 amide bonds. The summed E-state index contributed by atoms with van der Waals surface area (Å²) in [4.78, 5) is 5.67. The molecule has 0 saturated heterocycles. The molecule has 0 aliphatic heterocycles. The number of nitrogens with zero attached hydrogens (tertiary/aromatic N) is 2. The molecular formula is C14H20ClN3S. The van der Waals surface area contributed by atoms with E-state index in [1.807, 2.05) is 26.4 Å². The molecule has 0 aliphatic carbocycles. The minimum atomic E-state index is 0.226. The first-order chi connectivity index (χ1) is 9.17. The van der Waals surface area contributed by atoms with E-state index in [0.717, 1.165) is 35.8 Å². The monoisotopic (exact) mass is 297 g/mol. The highest BCUT2D eigenvalue weighted by atomic mass is 35.5. The molecule has 2 aromatic heterocycles. The van der Waals surface area contributed by atoms with Crippen LogP contribution in [0.2, 0.25) is 5.02 Å². The molecule has 2 heterocycles. The zero-order chi connectivity index (χ0) is 13.8. The van der Waals surface area contributed by atoms with Gasteiger partial charge in [0.2, 0.25) is 0 Å². The molecule has 1 unspecified atom stereocenters. The van der Waals surface area contributed by atoms with Crippen molar-refractivity contribution in [2.45, 2.75) is 39.3 Å². The van der Waals surface area contributed by atoms with Crippen molar-refractivity contribution in [2.75, 3.05) is 7.05 Å². The molecule has 0 radical (unpaired) electrons. The first kappa shape index (κ1) is 14.6. The minimum Gasteiger partial charge on any atom is -0.335 e. The lowest BCUT2D eigenvalue weighted by atomic mass is 10.1. The van der Waals surface area contributed by atoms with E-state index in [4.69, 9.17) is 11.6 Å². The number of hydrogen-bond acceptors (Lipinski definition) is 3. The molecule has 0 bridgehead atoms. The molecule has 2 rings (SSSR count). The van der Waals surface area contributed by atoms with Crippen LogP contribution in [0.3, 0.4) is 0 Å². The molecule has 0 saturated carbocycles. The normalized spacial score (nSPS) is 12.8. The van der Waals surface area contributed by atoms with E-state index in [1.165, 1.54) is 4.88 Å². The van der Waals surface area contributed by atoms with Crippen LogP contribution < -0.4 is 5.32 Å². The first-order valence-corrected chi connectivity index (χ1v) is 7.83. The lowest BCUT2D eigenvalue weighted by molar-refractivity contribution is 0.549. The van der Waals surface area contributed by atoms with Crippen LogP contribution in [-0.4, -0.2) is 16.6 Å². The van der Waals surface area contributed by atoms with Crippen LogP contribution in [0.4, 0.5) is 0 Å². The number of rotatable bonds is 6. The van der Waals surface area contributed by atoms with Gasteiger partial charge in [-0.1, -0.05) is 18.5 Å². The summed E-state index contributed by atoms with van der Waals surface area (Å²) in [5, 5.41) is 6.35. The van der Waals surface area contributed by atoms with Crippen LogP contribution in [0.25, 0.3) is 0 Å². The van der Waals surface area contributed by atoms with Crippen molar-refractivity contribution in [2.24, 2.45) is 0 Å². The van der Waals surface area contributed by atoms with E-state index in [9.17, 15) is 0 Å². The maximum Gasteiger partial charge on any atom is 0.110 e. The largest absolute Gasteiger partial charge is 0.335 e. The molecule has 0 aliphatic rings. The third-order valence-electron chi connectivity index (χ3n) is 3.24. The summed E-state index contributed by atoms with van der Waals surface area (Å²) >= 11 is 8.09. The average molecular weight is 298 g/mol. The lowest BCUT2D eigenvalue weighted by Crippen LogP contribution is -2.20. The summed E-state index contributed by atoms with van der Waals surface area (Å²) in [6.45, 7) is 5.24. The Morgan fingerprint density at radius 1 is 1.53 bits per heavy atom. The van der Waals surface area contributed by atoms with Gasteiger partial charge in [0.1, 0.15) is 5.82 Å². The summed E-state index contributed by atoms with van der Waals surface area (Å²) in [5.41, 5.74) is 1.15. The van der Waals surface area contributed by atoms with E-state index in [-0.39, 0.29) is 6.04 Å². The molecule has 19 heavy (non-hydrogen) atoms. The van der Waals surface area contributed by atoms with Crippen LogP contribution in [0.15, 0.2) is 17.8 Å². The average Bonchev–Trinajstić information content (AvgIpc) is 2.97. The third-order valence-corrected chi connectivity index (χ3v) is 5.07. The Morgan fingerprint density at radius 3 is 2.89 bits per heavy atom. The van der Waals surface area contributed by atoms with Crippen LogP contribution in [-0.2, 0) is 13.0 Å². The van der Waals surface area contributed by atoms with E-state index < -0.39 is 0 Å². The lowest BCUT2D eigenvalue weighted by Gasteiger charge is -2.16. The van der Waals surface area contributed by atoms with Crippen molar-refractivity contribution in [1.29, 1.82) is 0 Å². The number of nitrogens with one attached hydrogen (secondary N) is 1. The zero-order valence-corrected chi connectivity index (χ0v) is 13.2. The highest BCUT2D eigenvalue weighted by Gasteiger charge is 2.19. The number of aryl methyl sites for hydroxylation is 2. The summed E-state index contributed by atoms with van der Waals surface area (Å²) in [5.74, 6) is 1.11. The van der Waals surface area contributed by atoms with Gasteiger partial charge in [-0.25, -0.2) is 4.98 Å². The summed E-state index contributed by atoms with van der Waals surface area (Å²) in [7, 11) is 1.98. The van der Waals surface area contributed by atoms with Gasteiger partial charge in [-0.2, -0.15) is 0 Å². The van der Waals surface area contributed by atoms with Gasteiger partial charge in [-0.15, -0.1) is 11.3 Å². The number of likely N-dealkylation sites (N-methyl/N-ethyl adjacent to an activating group) is 1. The number of thiophene rings is 1. The Balaban J connectivity index is 2.19. The third kappa shape index (κ3) is 3.19. The number of imidazole rings is 1. The highest BCUT2D eigenvalue weighted by Crippen LogP contribution is 2.33. The Kier molecular flexibility index (Phi) is 5.02. The topological polar surface area (TPSA) is 29.9 Å². The van der Waals surface area contributed by atoms with Gasteiger partial charge >= 0.3 is 0 Å². The molecule has 0 spiro atoms. The van der Waals surface area contributed by atoms with Crippen molar-refractivity contribution in [3.8, 4) is 0 Å². The molecule has 3 nitrogen and oxygen atoms in total. The van der Waals surface area contributed by atoms with Gasteiger partial charge in [0.05, 0.1) is 5.02 Å². The Hall–Kier alpha value is -0.840. The molecule has 5 heteroatoms. The summed E-state index contributed by atoms with van der Waals surface area (Å²) in [6, 6.07) is 0.226. The molecular weight excluding hydrogens is 278 g/mol. The standard InChI is InChI=1S/C14H20ClN3S/c1-4-6-18-7-5-17-12(18)8-11(16-3)14-13(15)10(2)9-19-14/h5,7,9,11,16H,4,6,8H2,1-3H3. The number of halogens is 1. The van der Waals surface area contributed by atoms with Crippen molar-refractivity contribution in [3.63, 3.8) is 0 Å². The smallest absolute Gasteiger partial charge is 0.110 e. The molecule has 0 fully saturated rings. The fraction of sp³-hybridized carbons (Fsp3) is 0.500. The van der Waals surface area contributed by atoms with Crippen molar-refractivity contribution in [3.05, 3.63) is 39.1 Å². The van der Waals surface area contributed by atoms with Crippen LogP contribution in [0.1, 0.15) is 35.7 Å². The molecule has 2 aromatic rings. The van der Waals surface area contributed by atoms with Crippen LogP contribution in [0, 0.1) is 6.92 Å². The number of aromatic nitrogens is 2. The molecule has 1 atom stereocenters. The second kappa shape index (κ2) is 6.55. The maximum absolute atomic E-state index is 6.37. The van der Waals surface area contributed by atoms with Crippen LogP contribution >= 0.6 is 22.9 Å². The second-order valence-electron chi connectivity index (χ2n) is 4.68. The molecule has 104 valence electrons. The SMILES string of the molecule is CCCn1ccnc1CC(NC)c1scc(C)c1Cl. The minimum absolute atomic E-state index is 0.226. The fourth-order valence-corrected chi connectivity index (χ4v) is 3.60. The van der Waals surface area contributed by atoms with Gasteiger partial charge in [-0.05, 0) is 31.3 Å². The van der Waals surface area contributed by atoms with Crippen molar-refractivity contribution < 1.29 is 0 Å². The summed E-state index contributed by atoms with van der Waals surface area (Å²) < 4.78 is 2.22. The molecule has 0 aromatic carbocycles. The van der Waals surface area contributed by atoms with Crippen molar-refractivity contribution in [1.82, 2.24) is 14.9 Å². The highest BCUT2D eigenvalue weighted by molar-refractivity contribution is 7.10. The van der Waals surface area contributed by atoms with Crippen LogP contribution in [0.5, 0.6) is 0 Å². The fourth-order valence-electron chi connectivity index (χ4n) is 2.17. The Labute approximate surface area is 123 Å². The maximum atomic E-state index is 6.37. The van der Waals surface area contributed by atoms with Gasteiger partial charge in [0.15, 0.2) is 0 Å². The van der Waals surface area contributed by atoms with Gasteiger partial charge in [-0.3, -0.25) is 0 Å². The first-order valence-electron chi connectivity index (χ1n) is 6.58. The second-order valence-corrected chi connectivity index (χ2v) is 5.97. The number of hydrogen-bond donors (Lipinski definition) is 1. The predicted octanol–water partition coefficient (Wildman–Crippen LogP) is 3.82. The van der Waals surface area contributed by atoms with Gasteiger partial charge in [0, 0.05) is 36.3 Å². The van der Waals surface area contributed by atoms with E-state index in [2.05, 4.69) is 27.2 Å². The summed E-state index contributed by atoms with van der Waals surface area (Å²) in [6.07, 6.45) is 5.90.